The Bertz CT molecular complexity index is 944. The summed E-state index contributed by atoms with van der Waals surface area (Å²) in [5.41, 5.74) is 8.03. The summed E-state index contributed by atoms with van der Waals surface area (Å²) < 4.78 is 12.5. The summed E-state index contributed by atoms with van der Waals surface area (Å²) in [6.45, 7) is 11.9. The summed E-state index contributed by atoms with van der Waals surface area (Å²) in [5, 5.41) is 18.8. The second-order valence-corrected chi connectivity index (χ2v) is 14.8. The van der Waals surface area contributed by atoms with Crippen molar-refractivity contribution in [1.29, 1.82) is 0 Å². The molecule has 0 saturated heterocycles. The molecule has 0 aliphatic heterocycles. The maximum absolute atomic E-state index is 12.4. The van der Waals surface area contributed by atoms with Gasteiger partial charge in [0.05, 0.1) is 18.8 Å². The molecule has 2 aromatic carbocycles. The molecule has 35 heavy (non-hydrogen) atoms. The minimum Gasteiger partial charge on any atom is -0.444 e. The van der Waals surface area contributed by atoms with Crippen LogP contribution in [0.3, 0.4) is 0 Å². The van der Waals surface area contributed by atoms with Gasteiger partial charge in [0, 0.05) is 17.9 Å². The smallest absolute Gasteiger partial charge is 0.407 e. The molecule has 0 bridgehead atoms. The van der Waals surface area contributed by atoms with Crippen LogP contribution in [0.4, 0.5) is 4.79 Å². The number of alkyl carbamates (subject to hydrolysis) is 1. The average molecular weight is 499 g/mol. The predicted molar refractivity (Wildman–Crippen MR) is 141 cm³/mol. The molecule has 2 aromatic rings. The van der Waals surface area contributed by atoms with Gasteiger partial charge in [-0.1, -0.05) is 86.5 Å². The first-order chi connectivity index (χ1) is 16.4. The number of ether oxygens (including phenoxy) is 1. The van der Waals surface area contributed by atoms with Crippen molar-refractivity contribution in [3.05, 3.63) is 71.1 Å². The van der Waals surface area contributed by atoms with E-state index in [1.54, 1.807) is 20.8 Å². The topological polar surface area (TPSA) is 117 Å². The summed E-state index contributed by atoms with van der Waals surface area (Å²) >= 11 is 0. The number of azide groups is 1. The highest BCUT2D eigenvalue weighted by atomic mass is 28.4. The van der Waals surface area contributed by atoms with E-state index in [2.05, 4.69) is 60.4 Å². The number of hydrogen-bond donors (Lipinski definition) is 2. The molecule has 0 aromatic heterocycles. The van der Waals surface area contributed by atoms with E-state index in [1.165, 1.54) is 0 Å². The number of rotatable bonds is 10. The first kappa shape index (κ1) is 28.4. The van der Waals surface area contributed by atoms with Crippen LogP contribution in [-0.4, -0.2) is 50.4 Å². The summed E-state index contributed by atoms with van der Waals surface area (Å²) in [6, 6.07) is 20.3. The zero-order valence-electron chi connectivity index (χ0n) is 21.6. The van der Waals surface area contributed by atoms with Gasteiger partial charge in [-0.2, -0.15) is 0 Å². The Kier molecular flexibility index (Phi) is 9.91. The zero-order valence-corrected chi connectivity index (χ0v) is 22.6. The molecule has 9 heteroatoms. The normalized spacial score (nSPS) is 13.9. The lowest BCUT2D eigenvalue weighted by Crippen LogP contribution is -2.68. The van der Waals surface area contributed by atoms with Crippen molar-refractivity contribution in [2.75, 3.05) is 13.1 Å². The van der Waals surface area contributed by atoms with Gasteiger partial charge in [0.1, 0.15) is 5.60 Å². The minimum absolute atomic E-state index is 0.0798. The molecule has 2 rings (SSSR count). The lowest BCUT2D eigenvalue weighted by Gasteiger charge is -2.45. The Labute approximate surface area is 209 Å². The third-order valence-electron chi connectivity index (χ3n) is 5.52. The van der Waals surface area contributed by atoms with E-state index in [0.29, 0.717) is 0 Å². The lowest BCUT2D eigenvalue weighted by molar-refractivity contribution is 0.0463. The molecule has 0 radical (unpaired) electrons. The maximum Gasteiger partial charge on any atom is 0.407 e. The standard InChI is InChI=1S/C26H38N4O4Si/c1-25(2,3)33-24(32)28-19-21(17-20(31)18-29-30-27)34-35(26(4,5)6,22-13-9-7-10-14-22)23-15-11-8-12-16-23/h7-16,20-21,31H,17-19H2,1-6H3,(H,28,32). The molecular weight excluding hydrogens is 460 g/mol. The van der Waals surface area contributed by atoms with Crippen LogP contribution in [0, 0.1) is 0 Å². The molecule has 0 aliphatic rings. The van der Waals surface area contributed by atoms with E-state index < -0.39 is 32.2 Å². The molecule has 2 atom stereocenters. The van der Waals surface area contributed by atoms with Gasteiger partial charge >= 0.3 is 6.09 Å². The Balaban J connectivity index is 2.51. The van der Waals surface area contributed by atoms with Gasteiger partial charge in [0.25, 0.3) is 8.32 Å². The van der Waals surface area contributed by atoms with Crippen molar-refractivity contribution in [3.8, 4) is 0 Å². The van der Waals surface area contributed by atoms with Gasteiger partial charge in [-0.05, 0) is 41.7 Å². The Morgan fingerprint density at radius 3 is 1.97 bits per heavy atom. The summed E-state index contributed by atoms with van der Waals surface area (Å²) in [6.07, 6.45) is -1.86. The van der Waals surface area contributed by atoms with E-state index in [0.717, 1.165) is 10.4 Å². The number of nitrogens with zero attached hydrogens (tertiary/aromatic N) is 3. The molecule has 1 amide bonds. The molecule has 8 nitrogen and oxygen atoms in total. The monoisotopic (exact) mass is 498 g/mol. The fourth-order valence-electron chi connectivity index (χ4n) is 4.13. The molecule has 190 valence electrons. The number of carbonyl (C=O) groups is 1. The van der Waals surface area contributed by atoms with E-state index in [1.807, 2.05) is 36.4 Å². The van der Waals surface area contributed by atoms with Crippen molar-refractivity contribution < 1.29 is 19.1 Å². The lowest BCUT2D eigenvalue weighted by atomic mass is 10.1. The van der Waals surface area contributed by atoms with Crippen molar-refractivity contribution in [2.45, 2.75) is 70.8 Å². The Hall–Kier alpha value is -2.84. The molecule has 0 fully saturated rings. The molecule has 2 unspecified atom stereocenters. The molecule has 0 heterocycles. The van der Waals surface area contributed by atoms with Gasteiger partial charge in [-0.25, -0.2) is 4.79 Å². The number of aliphatic hydroxyl groups is 1. The average Bonchev–Trinajstić information content (AvgIpc) is 2.78. The van der Waals surface area contributed by atoms with Gasteiger partial charge in [-0.15, -0.1) is 0 Å². The number of hydrogen-bond acceptors (Lipinski definition) is 5. The van der Waals surface area contributed by atoms with Crippen LogP contribution in [0.2, 0.25) is 5.04 Å². The van der Waals surface area contributed by atoms with E-state index in [-0.39, 0.29) is 24.5 Å². The van der Waals surface area contributed by atoms with Crippen molar-refractivity contribution in [3.63, 3.8) is 0 Å². The number of carbonyl (C=O) groups excluding carboxylic acids is 1. The Morgan fingerprint density at radius 1 is 1.03 bits per heavy atom. The van der Waals surface area contributed by atoms with Gasteiger partial charge in [0.2, 0.25) is 0 Å². The van der Waals surface area contributed by atoms with Crippen molar-refractivity contribution in [1.82, 2.24) is 5.32 Å². The predicted octanol–water partition coefficient (Wildman–Crippen LogP) is 4.52. The van der Waals surface area contributed by atoms with Crippen molar-refractivity contribution in [2.24, 2.45) is 5.11 Å². The Morgan fingerprint density at radius 2 is 1.54 bits per heavy atom. The highest BCUT2D eigenvalue weighted by Crippen LogP contribution is 2.38. The quantitative estimate of drug-likeness (QED) is 0.217. The number of amides is 1. The highest BCUT2D eigenvalue weighted by Gasteiger charge is 2.51. The molecule has 0 aliphatic carbocycles. The van der Waals surface area contributed by atoms with Crippen LogP contribution in [0.15, 0.2) is 65.8 Å². The number of aliphatic hydroxyl groups excluding tert-OH is 1. The molecular formula is C26H38N4O4Si. The number of benzene rings is 2. The molecule has 0 spiro atoms. The first-order valence-electron chi connectivity index (χ1n) is 11.8. The second-order valence-electron chi connectivity index (χ2n) is 10.6. The van der Waals surface area contributed by atoms with Crippen molar-refractivity contribution >= 4 is 24.8 Å². The molecule has 0 saturated carbocycles. The molecule has 2 N–H and O–H groups in total. The van der Waals surface area contributed by atoms with Crippen LogP contribution < -0.4 is 15.7 Å². The third-order valence-corrected chi connectivity index (χ3v) is 10.6. The van der Waals surface area contributed by atoms with Crippen LogP contribution in [0.25, 0.3) is 10.4 Å². The maximum atomic E-state index is 12.4. The van der Waals surface area contributed by atoms with Crippen LogP contribution in [-0.2, 0) is 9.16 Å². The minimum atomic E-state index is -2.94. The SMILES string of the molecule is CC(C)(C)OC(=O)NCC(CC(O)CN=[N+]=[N-])O[Si](c1ccccc1)(c1ccccc1)C(C)(C)C. The highest BCUT2D eigenvalue weighted by molar-refractivity contribution is 6.99. The van der Waals surface area contributed by atoms with Gasteiger partial charge in [-0.3, -0.25) is 0 Å². The van der Waals surface area contributed by atoms with Crippen LogP contribution >= 0.6 is 0 Å². The third kappa shape index (κ3) is 8.11. The summed E-state index contributed by atoms with van der Waals surface area (Å²) in [7, 11) is -2.94. The zero-order chi connectivity index (χ0) is 26.1. The largest absolute Gasteiger partial charge is 0.444 e. The summed E-state index contributed by atoms with van der Waals surface area (Å²) in [4.78, 5) is 15.2. The number of nitrogens with one attached hydrogen (secondary N) is 1. The van der Waals surface area contributed by atoms with E-state index >= 15 is 0 Å². The van der Waals surface area contributed by atoms with E-state index in [9.17, 15) is 9.90 Å². The van der Waals surface area contributed by atoms with E-state index in [4.69, 9.17) is 14.7 Å². The van der Waals surface area contributed by atoms with Gasteiger partial charge in [0.15, 0.2) is 0 Å². The van der Waals surface area contributed by atoms with Crippen LogP contribution in [0.1, 0.15) is 48.0 Å². The fourth-order valence-corrected chi connectivity index (χ4v) is 8.83. The summed E-state index contributed by atoms with van der Waals surface area (Å²) in [5.74, 6) is 0. The fraction of sp³-hybridized carbons (Fsp3) is 0.500. The first-order valence-corrected chi connectivity index (χ1v) is 13.7. The van der Waals surface area contributed by atoms with Crippen LogP contribution in [0.5, 0.6) is 0 Å². The second kappa shape index (κ2) is 12.2. The van der Waals surface area contributed by atoms with Gasteiger partial charge < -0.3 is 19.6 Å².